The van der Waals surface area contributed by atoms with E-state index in [-0.39, 0.29) is 27.1 Å². The monoisotopic (exact) mass is 806 g/mol. The highest BCUT2D eigenvalue weighted by Crippen LogP contribution is 2.62. The lowest BCUT2D eigenvalue weighted by atomic mass is 9.75. The molecule has 0 saturated carbocycles. The average molecular weight is 807 g/mol. The summed E-state index contributed by atoms with van der Waals surface area (Å²) < 4.78 is 0. The summed E-state index contributed by atoms with van der Waals surface area (Å²) >= 11 is 0. The third kappa shape index (κ3) is 5.57. The van der Waals surface area contributed by atoms with Gasteiger partial charge < -0.3 is 0 Å². The molecule has 310 valence electrons. The maximum Gasteiger partial charge on any atom is 0.0162 e. The minimum atomic E-state index is 0.0629. The van der Waals surface area contributed by atoms with Crippen LogP contribution in [0.3, 0.4) is 0 Å². The summed E-state index contributed by atoms with van der Waals surface area (Å²) in [6, 6.07) is 52.3. The molecule has 62 heavy (non-hydrogen) atoms. The first-order chi connectivity index (χ1) is 29.3. The minimum Gasteiger partial charge on any atom is -0.0619 e. The number of hydrogen-bond donors (Lipinski definition) is 0. The quantitative estimate of drug-likeness (QED) is 0.143. The van der Waals surface area contributed by atoms with E-state index in [1.54, 1.807) is 11.1 Å². The molecule has 0 N–H and O–H groups in total. The molecule has 7 aromatic rings. The van der Waals surface area contributed by atoms with Crippen LogP contribution in [0, 0.1) is 20.8 Å². The second-order valence-electron chi connectivity index (χ2n) is 21.6. The van der Waals surface area contributed by atoms with Crippen LogP contribution in [0.2, 0.25) is 0 Å². The highest BCUT2D eigenvalue weighted by molar-refractivity contribution is 6.09. The Kier molecular flexibility index (Phi) is 8.72. The second-order valence-corrected chi connectivity index (χ2v) is 21.6. The fourth-order valence-electron chi connectivity index (χ4n) is 12.3. The van der Waals surface area contributed by atoms with Crippen LogP contribution in [0.15, 0.2) is 140 Å². The first kappa shape index (κ1) is 40.4. The van der Waals surface area contributed by atoms with Gasteiger partial charge in [-0.1, -0.05) is 213 Å². The van der Waals surface area contributed by atoms with E-state index < -0.39 is 0 Å². The molecule has 0 nitrogen and oxygen atoms in total. The average Bonchev–Trinajstić information content (AvgIpc) is 3.88. The van der Waals surface area contributed by atoms with Gasteiger partial charge in [0.15, 0.2) is 0 Å². The summed E-state index contributed by atoms with van der Waals surface area (Å²) in [5, 5.41) is 0. The van der Waals surface area contributed by atoms with Gasteiger partial charge >= 0.3 is 0 Å². The zero-order valence-corrected chi connectivity index (χ0v) is 39.3. The van der Waals surface area contributed by atoms with E-state index >= 15 is 0 Å². The third-order valence-corrected chi connectivity index (χ3v) is 15.8. The first-order valence-electron chi connectivity index (χ1n) is 22.9. The van der Waals surface area contributed by atoms with Gasteiger partial charge in [-0.25, -0.2) is 0 Å². The van der Waals surface area contributed by atoms with Gasteiger partial charge in [-0.3, -0.25) is 0 Å². The van der Waals surface area contributed by atoms with Crippen molar-refractivity contribution in [1.82, 2.24) is 0 Å². The minimum absolute atomic E-state index is 0.0629. The van der Waals surface area contributed by atoms with Crippen LogP contribution in [-0.4, -0.2) is 0 Å². The van der Waals surface area contributed by atoms with E-state index in [0.717, 1.165) is 0 Å². The molecule has 7 aromatic carbocycles. The molecule has 0 atom stereocenters. The maximum absolute atomic E-state index is 2.48. The van der Waals surface area contributed by atoms with Crippen LogP contribution < -0.4 is 0 Å². The second kappa shape index (κ2) is 13.4. The molecular formula is C62H62. The largest absolute Gasteiger partial charge is 0.0619 e. The van der Waals surface area contributed by atoms with Crippen molar-refractivity contribution in [3.05, 3.63) is 212 Å². The highest BCUT2D eigenvalue weighted by Gasteiger charge is 2.49. The lowest BCUT2D eigenvalue weighted by Crippen LogP contribution is -2.19. The van der Waals surface area contributed by atoms with E-state index in [2.05, 4.69) is 230 Å². The van der Waals surface area contributed by atoms with Crippen LogP contribution in [0.1, 0.15) is 142 Å². The smallest absolute Gasteiger partial charge is 0.0162 e. The van der Waals surface area contributed by atoms with Crippen LogP contribution in [0.5, 0.6) is 0 Å². The SMILES string of the molecule is Cc1ccc2c(c1)C(C)(C)C1=C2C(C)(C)c2ccccc21.Cc1ccc2c(c1)C(C)(C)c1cc3c(cc1-2)C(C)(C)c1ccccc1-3.Cc1ccc2c(c1)C(C)(C)c1ccccc1-2. The molecule has 0 unspecified atom stereocenters. The van der Waals surface area contributed by atoms with Crippen molar-refractivity contribution >= 4 is 11.1 Å². The lowest BCUT2D eigenvalue weighted by molar-refractivity contribution is 0.651. The highest BCUT2D eigenvalue weighted by atomic mass is 14.5. The molecule has 0 bridgehead atoms. The molecule has 0 saturated heterocycles. The molecular weight excluding hydrogens is 745 g/mol. The van der Waals surface area contributed by atoms with Crippen molar-refractivity contribution in [2.75, 3.05) is 0 Å². The summed E-state index contributed by atoms with van der Waals surface area (Å²) in [6.45, 7) is 30.2. The number of rotatable bonds is 0. The Balaban J connectivity index is 0.000000114. The van der Waals surface area contributed by atoms with Crippen molar-refractivity contribution in [2.45, 2.75) is 117 Å². The van der Waals surface area contributed by atoms with Crippen molar-refractivity contribution in [1.29, 1.82) is 0 Å². The van der Waals surface area contributed by atoms with Gasteiger partial charge in [0.1, 0.15) is 0 Å². The van der Waals surface area contributed by atoms with Crippen molar-refractivity contribution in [3.8, 4) is 33.4 Å². The molecule has 0 spiro atoms. The fourth-order valence-corrected chi connectivity index (χ4v) is 12.3. The summed E-state index contributed by atoms with van der Waals surface area (Å²) in [7, 11) is 0. The van der Waals surface area contributed by atoms with E-state index in [1.807, 2.05) is 0 Å². The Morgan fingerprint density at radius 2 is 0.484 bits per heavy atom. The zero-order chi connectivity index (χ0) is 43.9. The summed E-state index contributed by atoms with van der Waals surface area (Å²) in [5.74, 6) is 0. The predicted octanol–water partition coefficient (Wildman–Crippen LogP) is 16.4. The van der Waals surface area contributed by atoms with Crippen LogP contribution >= 0.6 is 0 Å². The Morgan fingerprint density at radius 3 is 0.935 bits per heavy atom. The van der Waals surface area contributed by atoms with Crippen LogP contribution in [-0.2, 0) is 27.1 Å². The number of benzene rings is 7. The summed E-state index contributed by atoms with van der Waals surface area (Å²) in [6.07, 6.45) is 0. The first-order valence-corrected chi connectivity index (χ1v) is 22.9. The molecule has 0 aliphatic heterocycles. The van der Waals surface area contributed by atoms with Gasteiger partial charge in [-0.2, -0.15) is 0 Å². The van der Waals surface area contributed by atoms with E-state index in [9.17, 15) is 0 Å². The number of hydrogen-bond acceptors (Lipinski definition) is 0. The van der Waals surface area contributed by atoms with Gasteiger partial charge in [0.25, 0.3) is 0 Å². The molecule has 0 heteroatoms. The van der Waals surface area contributed by atoms with Crippen molar-refractivity contribution in [3.63, 3.8) is 0 Å². The maximum atomic E-state index is 2.48. The van der Waals surface area contributed by atoms with Gasteiger partial charge in [0, 0.05) is 27.1 Å². The Labute approximate surface area is 371 Å². The molecule has 0 radical (unpaired) electrons. The number of aryl methyl sites for hydroxylation is 3. The lowest BCUT2D eigenvalue weighted by Gasteiger charge is -2.28. The van der Waals surface area contributed by atoms with Crippen molar-refractivity contribution in [2.24, 2.45) is 0 Å². The van der Waals surface area contributed by atoms with E-state index in [0.29, 0.717) is 0 Å². The third-order valence-electron chi connectivity index (χ3n) is 15.8. The van der Waals surface area contributed by atoms with E-state index in [4.69, 9.17) is 0 Å². The molecule has 0 amide bonds. The Hall–Kier alpha value is -5.72. The molecule has 12 rings (SSSR count). The Bertz CT molecular complexity index is 3060. The standard InChI is InChI=1S/C25H24.C21H22.C16H16/c1-15-10-11-17-19-14-22-18(13-23(19)25(4,5)21(17)12-15)16-8-6-7-9-20(16)24(22,2)3;1-13-10-11-15-17(12-13)21(4,5)18-14-8-6-7-9-16(14)20(2,3)19(15)18;1-11-8-9-13-12-6-4-5-7-14(12)16(2,3)15(13)10-11/h6-14H,1-5H3;6-12H,1-5H3;4-10H,1-3H3. The van der Waals surface area contributed by atoms with E-state index in [1.165, 1.54) is 106 Å². The molecule has 0 aromatic heterocycles. The number of allylic oxidation sites excluding steroid dienone is 2. The number of fused-ring (bicyclic) bond motifs is 13. The van der Waals surface area contributed by atoms with Gasteiger partial charge in [-0.05, 0) is 133 Å². The Morgan fingerprint density at radius 1 is 0.226 bits per heavy atom. The molecule has 5 aliphatic carbocycles. The molecule has 5 aliphatic rings. The normalized spacial score (nSPS) is 18.0. The van der Waals surface area contributed by atoms with Gasteiger partial charge in [-0.15, -0.1) is 0 Å². The molecule has 0 heterocycles. The molecule has 0 fully saturated rings. The predicted molar refractivity (Wildman–Crippen MR) is 266 cm³/mol. The van der Waals surface area contributed by atoms with Gasteiger partial charge in [0.05, 0.1) is 0 Å². The van der Waals surface area contributed by atoms with Crippen LogP contribution in [0.4, 0.5) is 0 Å². The summed E-state index contributed by atoms with van der Waals surface area (Å²) in [4.78, 5) is 0. The van der Waals surface area contributed by atoms with Gasteiger partial charge in [0.2, 0.25) is 0 Å². The summed E-state index contributed by atoms with van der Waals surface area (Å²) in [5.41, 5.74) is 30.8. The zero-order valence-electron chi connectivity index (χ0n) is 39.3. The van der Waals surface area contributed by atoms with Crippen molar-refractivity contribution < 1.29 is 0 Å². The fraction of sp³-hybridized carbons (Fsp3) is 0.290. The topological polar surface area (TPSA) is 0 Å². The van der Waals surface area contributed by atoms with Crippen LogP contribution in [0.25, 0.3) is 44.5 Å².